The van der Waals surface area contributed by atoms with Crippen LogP contribution >= 0.6 is 0 Å². The molecule has 0 fully saturated rings. The van der Waals surface area contributed by atoms with E-state index >= 15 is 0 Å². The number of anilines is 3. The van der Waals surface area contributed by atoms with Crippen LogP contribution in [0.2, 0.25) is 0 Å². The van der Waals surface area contributed by atoms with Crippen molar-refractivity contribution in [3.63, 3.8) is 0 Å². The number of nitrogen functional groups attached to an aromatic ring is 1. The van der Waals surface area contributed by atoms with E-state index in [0.29, 0.717) is 18.7 Å². The average Bonchev–Trinajstić information content (AvgIpc) is 2.69. The molecule has 3 N–H and O–H groups in total. The molecule has 0 heterocycles. The minimum absolute atomic E-state index is 0.113. The first kappa shape index (κ1) is 23.9. The molecular weight excluding hydrogens is 358 g/mol. The van der Waals surface area contributed by atoms with E-state index < -0.39 is 0 Å². The van der Waals surface area contributed by atoms with Gasteiger partial charge in [-0.3, -0.25) is 4.79 Å². The van der Waals surface area contributed by atoms with Crippen molar-refractivity contribution in [2.24, 2.45) is 0 Å². The highest BCUT2D eigenvalue weighted by Gasteiger charge is 2.15. The molecule has 28 heavy (non-hydrogen) atoms. The molecule has 0 saturated carbocycles. The molecule has 1 aromatic rings. The van der Waals surface area contributed by atoms with Gasteiger partial charge in [-0.2, -0.15) is 0 Å². The van der Waals surface area contributed by atoms with Gasteiger partial charge in [0.2, 0.25) is 0 Å². The Morgan fingerprint density at radius 1 is 1.11 bits per heavy atom. The van der Waals surface area contributed by atoms with Crippen LogP contribution in [0.5, 0.6) is 5.75 Å². The van der Waals surface area contributed by atoms with Crippen molar-refractivity contribution in [2.75, 3.05) is 63.5 Å². The third-order valence-corrected chi connectivity index (χ3v) is 4.53. The molecule has 1 rings (SSSR count). The predicted molar refractivity (Wildman–Crippen MR) is 115 cm³/mol. The zero-order valence-corrected chi connectivity index (χ0v) is 17.9. The van der Waals surface area contributed by atoms with Gasteiger partial charge in [-0.25, -0.2) is 0 Å². The van der Waals surface area contributed by atoms with E-state index in [4.69, 9.17) is 19.9 Å². The SMILES string of the molecule is CCCC(=O)OCCCCN(CCCCOC)c1cc(NC)c(N)cc1OC. The van der Waals surface area contributed by atoms with Crippen LogP contribution in [-0.2, 0) is 14.3 Å². The van der Waals surface area contributed by atoms with Gasteiger partial charge < -0.3 is 30.2 Å². The highest BCUT2D eigenvalue weighted by molar-refractivity contribution is 5.77. The number of nitrogens with one attached hydrogen (secondary N) is 1. The summed E-state index contributed by atoms with van der Waals surface area (Å²) in [6.07, 6.45) is 5.08. The number of rotatable bonds is 15. The van der Waals surface area contributed by atoms with E-state index in [0.717, 1.165) is 68.9 Å². The second-order valence-corrected chi connectivity index (χ2v) is 6.73. The lowest BCUT2D eigenvalue weighted by molar-refractivity contribution is -0.143. The van der Waals surface area contributed by atoms with Crippen molar-refractivity contribution in [2.45, 2.75) is 45.4 Å². The Balaban J connectivity index is 2.75. The summed E-state index contributed by atoms with van der Waals surface area (Å²) in [6, 6.07) is 3.89. The maximum atomic E-state index is 11.5. The fourth-order valence-corrected chi connectivity index (χ4v) is 2.98. The van der Waals surface area contributed by atoms with Crippen LogP contribution in [0.15, 0.2) is 12.1 Å². The molecule has 0 amide bonds. The number of benzene rings is 1. The largest absolute Gasteiger partial charge is 0.495 e. The third-order valence-electron chi connectivity index (χ3n) is 4.53. The van der Waals surface area contributed by atoms with Gasteiger partial charge in [-0.05, 0) is 38.2 Å². The van der Waals surface area contributed by atoms with E-state index in [1.807, 2.05) is 26.1 Å². The molecule has 160 valence electrons. The minimum atomic E-state index is -0.113. The number of unbranched alkanes of at least 4 members (excludes halogenated alkanes) is 2. The number of hydrogen-bond donors (Lipinski definition) is 2. The smallest absolute Gasteiger partial charge is 0.305 e. The lowest BCUT2D eigenvalue weighted by Gasteiger charge is -2.27. The molecular formula is C21H37N3O4. The fraction of sp³-hybridized carbons (Fsp3) is 0.667. The van der Waals surface area contributed by atoms with Crippen molar-refractivity contribution < 1.29 is 19.0 Å². The van der Waals surface area contributed by atoms with E-state index in [1.165, 1.54) is 0 Å². The molecule has 7 heteroatoms. The molecule has 7 nitrogen and oxygen atoms in total. The summed E-state index contributed by atoms with van der Waals surface area (Å²) in [5, 5.41) is 3.13. The van der Waals surface area contributed by atoms with Crippen LogP contribution in [0.1, 0.15) is 45.4 Å². The predicted octanol–water partition coefficient (Wildman–Crippen LogP) is 3.68. The van der Waals surface area contributed by atoms with Gasteiger partial charge in [0.25, 0.3) is 0 Å². The molecule has 0 saturated heterocycles. The number of nitrogens with zero attached hydrogens (tertiary/aromatic N) is 1. The van der Waals surface area contributed by atoms with Crippen molar-refractivity contribution in [1.82, 2.24) is 0 Å². The maximum absolute atomic E-state index is 11.5. The molecule has 0 aliphatic rings. The van der Waals surface area contributed by atoms with E-state index in [1.54, 1.807) is 14.2 Å². The lowest BCUT2D eigenvalue weighted by Crippen LogP contribution is -2.27. The van der Waals surface area contributed by atoms with E-state index in [2.05, 4.69) is 10.2 Å². The maximum Gasteiger partial charge on any atom is 0.305 e. The van der Waals surface area contributed by atoms with E-state index in [9.17, 15) is 4.79 Å². The van der Waals surface area contributed by atoms with Gasteiger partial charge in [0, 0.05) is 46.3 Å². The summed E-state index contributed by atoms with van der Waals surface area (Å²) < 4.78 is 16.0. The number of nitrogens with two attached hydrogens (primary N) is 1. The van der Waals surface area contributed by atoms with Crippen LogP contribution in [-0.4, -0.2) is 53.5 Å². The molecule has 1 aromatic carbocycles. The summed E-state index contributed by atoms with van der Waals surface area (Å²) in [6.45, 7) is 4.94. The number of carbonyl (C=O) groups excluding carboxylic acids is 1. The Morgan fingerprint density at radius 2 is 1.79 bits per heavy atom. The summed E-state index contributed by atoms with van der Waals surface area (Å²) in [7, 11) is 5.24. The van der Waals surface area contributed by atoms with Crippen molar-refractivity contribution in [1.29, 1.82) is 0 Å². The molecule has 0 atom stereocenters. The zero-order valence-electron chi connectivity index (χ0n) is 17.9. The highest BCUT2D eigenvalue weighted by Crippen LogP contribution is 2.36. The Morgan fingerprint density at radius 3 is 2.36 bits per heavy atom. The molecule has 0 aliphatic carbocycles. The molecule has 0 aliphatic heterocycles. The number of carbonyl (C=O) groups is 1. The Hall–Kier alpha value is -2.15. The first-order valence-corrected chi connectivity index (χ1v) is 10.1. The fourth-order valence-electron chi connectivity index (χ4n) is 2.98. The number of esters is 1. The van der Waals surface area contributed by atoms with Crippen molar-refractivity contribution >= 4 is 23.0 Å². The number of hydrogen-bond acceptors (Lipinski definition) is 7. The van der Waals surface area contributed by atoms with Crippen LogP contribution < -0.4 is 20.7 Å². The Kier molecular flexibility index (Phi) is 11.9. The van der Waals surface area contributed by atoms with Crippen molar-refractivity contribution in [3.8, 4) is 5.75 Å². The first-order valence-electron chi connectivity index (χ1n) is 10.1. The number of methoxy groups -OCH3 is 2. The topological polar surface area (TPSA) is 86.0 Å². The first-order chi connectivity index (χ1) is 13.6. The summed E-state index contributed by atoms with van der Waals surface area (Å²) >= 11 is 0. The van der Waals surface area contributed by atoms with Gasteiger partial charge in [-0.1, -0.05) is 6.92 Å². The highest BCUT2D eigenvalue weighted by atomic mass is 16.5. The quantitative estimate of drug-likeness (QED) is 0.266. The molecule has 0 spiro atoms. The van der Waals surface area contributed by atoms with Crippen LogP contribution in [0.25, 0.3) is 0 Å². The number of ether oxygens (including phenoxy) is 3. The summed E-state index contributed by atoms with van der Waals surface area (Å²) in [5.74, 6) is 0.649. The second-order valence-electron chi connectivity index (χ2n) is 6.73. The minimum Gasteiger partial charge on any atom is -0.495 e. The summed E-state index contributed by atoms with van der Waals surface area (Å²) in [4.78, 5) is 13.8. The Bertz CT molecular complexity index is 581. The van der Waals surface area contributed by atoms with Gasteiger partial charge in [0.05, 0.1) is 30.8 Å². The zero-order chi connectivity index (χ0) is 20.8. The Labute approximate surface area is 169 Å². The summed E-state index contributed by atoms with van der Waals surface area (Å²) in [5.41, 5.74) is 8.64. The average molecular weight is 396 g/mol. The normalized spacial score (nSPS) is 10.6. The molecule has 0 radical (unpaired) electrons. The standard InChI is InChI=1S/C21H37N3O4/c1-5-10-21(25)28-14-9-7-12-24(11-6-8-13-26-3)19-16-18(23-2)17(22)15-20(19)27-4/h15-16,23H,5-14,22H2,1-4H3. The van der Waals surface area contributed by atoms with Gasteiger partial charge in [-0.15, -0.1) is 0 Å². The molecule has 0 bridgehead atoms. The van der Waals surface area contributed by atoms with Crippen molar-refractivity contribution in [3.05, 3.63) is 12.1 Å². The monoisotopic (exact) mass is 395 g/mol. The lowest BCUT2D eigenvalue weighted by atomic mass is 10.1. The van der Waals surface area contributed by atoms with E-state index in [-0.39, 0.29) is 5.97 Å². The van der Waals surface area contributed by atoms with Crippen LogP contribution in [0.4, 0.5) is 17.1 Å². The van der Waals surface area contributed by atoms with Gasteiger partial charge in [0.1, 0.15) is 5.75 Å². The van der Waals surface area contributed by atoms with Gasteiger partial charge in [0.15, 0.2) is 0 Å². The third kappa shape index (κ3) is 8.25. The van der Waals surface area contributed by atoms with Crippen LogP contribution in [0, 0.1) is 0 Å². The van der Waals surface area contributed by atoms with Gasteiger partial charge >= 0.3 is 5.97 Å². The second kappa shape index (κ2) is 13.9. The van der Waals surface area contributed by atoms with Crippen LogP contribution in [0.3, 0.4) is 0 Å². The molecule has 0 aromatic heterocycles. The molecule has 0 unspecified atom stereocenters.